The predicted molar refractivity (Wildman–Crippen MR) is 89.7 cm³/mol. The van der Waals surface area contributed by atoms with Gasteiger partial charge in [-0.15, -0.1) is 0 Å². The zero-order valence-electron chi connectivity index (χ0n) is 12.9. The molecule has 0 bridgehead atoms. The molecule has 1 heterocycles. The van der Waals surface area contributed by atoms with Crippen molar-refractivity contribution in [2.45, 2.75) is 18.2 Å². The summed E-state index contributed by atoms with van der Waals surface area (Å²) in [5.74, 6) is -2.23. The van der Waals surface area contributed by atoms with Crippen LogP contribution in [0.25, 0.3) is 0 Å². The molecule has 0 saturated carbocycles. The quantitative estimate of drug-likeness (QED) is 0.767. The van der Waals surface area contributed by atoms with Crippen molar-refractivity contribution < 1.29 is 26.3 Å². The van der Waals surface area contributed by atoms with Gasteiger partial charge in [-0.25, -0.2) is 13.1 Å². The minimum absolute atomic E-state index is 0.273. The molecule has 0 radical (unpaired) electrons. The Kier molecular flexibility index (Phi) is 6.97. The van der Waals surface area contributed by atoms with Crippen LogP contribution in [0.2, 0.25) is 10.0 Å². The molecule has 2 N–H and O–H groups in total. The number of halogens is 5. The lowest BCUT2D eigenvalue weighted by Gasteiger charge is -2.25. The summed E-state index contributed by atoms with van der Waals surface area (Å²) in [5, 5.41) is 3.84. The Labute approximate surface area is 153 Å². The maximum Gasteiger partial charge on any atom is 0.404 e. The average molecular weight is 421 g/mol. The van der Waals surface area contributed by atoms with Crippen molar-refractivity contribution in [2.24, 2.45) is 0 Å². The van der Waals surface area contributed by atoms with Gasteiger partial charge >= 0.3 is 6.18 Å². The van der Waals surface area contributed by atoms with E-state index in [0.29, 0.717) is 29.7 Å². The van der Waals surface area contributed by atoms with E-state index in [4.69, 9.17) is 27.9 Å². The summed E-state index contributed by atoms with van der Waals surface area (Å²) in [6.45, 7) is 1.04. The van der Waals surface area contributed by atoms with E-state index in [-0.39, 0.29) is 12.5 Å². The molecule has 0 aromatic heterocycles. The lowest BCUT2D eigenvalue weighted by atomic mass is 9.93. The summed E-state index contributed by atoms with van der Waals surface area (Å²) in [6, 6.07) is 4.98. The van der Waals surface area contributed by atoms with E-state index >= 15 is 0 Å². The molecule has 11 heteroatoms. The third-order valence-corrected chi connectivity index (χ3v) is 5.71. The van der Waals surface area contributed by atoms with Crippen molar-refractivity contribution in [3.8, 4) is 0 Å². The second-order valence-corrected chi connectivity index (χ2v) is 8.24. The van der Waals surface area contributed by atoms with Gasteiger partial charge in [0.05, 0.1) is 22.8 Å². The molecule has 25 heavy (non-hydrogen) atoms. The van der Waals surface area contributed by atoms with Gasteiger partial charge < -0.3 is 10.1 Å². The Morgan fingerprint density at radius 3 is 2.64 bits per heavy atom. The number of benzene rings is 1. The molecular weight excluding hydrogens is 404 g/mol. The van der Waals surface area contributed by atoms with Crippen molar-refractivity contribution >= 4 is 33.2 Å². The van der Waals surface area contributed by atoms with Gasteiger partial charge in [-0.2, -0.15) is 13.2 Å². The lowest BCUT2D eigenvalue weighted by molar-refractivity contribution is -0.106. The van der Waals surface area contributed by atoms with Crippen LogP contribution in [0.5, 0.6) is 0 Å². The molecule has 0 aliphatic carbocycles. The normalized spacial score (nSPS) is 22.6. The lowest BCUT2D eigenvalue weighted by Crippen LogP contribution is -2.41. The molecule has 2 rings (SSSR count). The molecule has 1 aromatic rings. The van der Waals surface area contributed by atoms with Gasteiger partial charge in [0.2, 0.25) is 10.0 Å². The Hall–Kier alpha value is -0.580. The topological polar surface area (TPSA) is 67.4 Å². The molecule has 2 unspecified atom stereocenters. The maximum absolute atomic E-state index is 12.3. The SMILES string of the molecule is O=S(=O)(CC(F)(F)F)NCC1OCCNCC1c1ccc(Cl)c(Cl)c1. The zero-order chi connectivity index (χ0) is 18.7. The fourth-order valence-corrected chi connectivity index (χ4v) is 3.80. The van der Waals surface area contributed by atoms with Crippen LogP contribution < -0.4 is 10.0 Å². The van der Waals surface area contributed by atoms with E-state index < -0.39 is 28.1 Å². The Bertz CT molecular complexity index is 701. The fraction of sp³-hybridized carbons (Fsp3) is 0.571. The van der Waals surface area contributed by atoms with Crippen LogP contribution in [0.3, 0.4) is 0 Å². The molecule has 1 aliphatic rings. The number of ether oxygens (including phenoxy) is 1. The highest BCUT2D eigenvalue weighted by Gasteiger charge is 2.36. The third kappa shape index (κ3) is 6.58. The van der Waals surface area contributed by atoms with Crippen LogP contribution in [-0.4, -0.2) is 52.7 Å². The molecule has 1 saturated heterocycles. The molecule has 1 aromatic carbocycles. The van der Waals surface area contributed by atoms with Crippen LogP contribution in [0, 0.1) is 0 Å². The van der Waals surface area contributed by atoms with E-state index in [1.54, 1.807) is 18.2 Å². The number of alkyl halides is 3. The average Bonchev–Trinajstić information content (AvgIpc) is 2.71. The first-order valence-corrected chi connectivity index (χ1v) is 9.79. The second-order valence-electron chi connectivity index (χ2n) is 5.62. The van der Waals surface area contributed by atoms with Crippen LogP contribution in [-0.2, 0) is 14.8 Å². The highest BCUT2D eigenvalue weighted by atomic mass is 35.5. The van der Waals surface area contributed by atoms with Gasteiger partial charge in [-0.1, -0.05) is 29.3 Å². The first-order chi connectivity index (χ1) is 11.6. The predicted octanol–water partition coefficient (Wildman–Crippen LogP) is 2.55. The number of sulfonamides is 1. The van der Waals surface area contributed by atoms with Gasteiger partial charge in [-0.3, -0.25) is 0 Å². The van der Waals surface area contributed by atoms with Gasteiger partial charge in [0.1, 0.15) is 0 Å². The molecular formula is C14H17Cl2F3N2O3S. The van der Waals surface area contributed by atoms with E-state index in [1.165, 1.54) is 0 Å². The Morgan fingerprint density at radius 1 is 1.28 bits per heavy atom. The van der Waals surface area contributed by atoms with Crippen LogP contribution in [0.4, 0.5) is 13.2 Å². The summed E-state index contributed by atoms with van der Waals surface area (Å²) in [6.07, 6.45) is -5.45. The number of hydrogen-bond acceptors (Lipinski definition) is 4. The molecule has 0 amide bonds. The van der Waals surface area contributed by atoms with Crippen LogP contribution >= 0.6 is 23.2 Å². The summed E-state index contributed by atoms with van der Waals surface area (Å²) >= 11 is 11.9. The summed E-state index contributed by atoms with van der Waals surface area (Å²) in [4.78, 5) is 0. The first kappa shape index (κ1) is 20.7. The highest BCUT2D eigenvalue weighted by Crippen LogP contribution is 2.29. The molecule has 5 nitrogen and oxygen atoms in total. The molecule has 1 fully saturated rings. The molecule has 2 atom stereocenters. The highest BCUT2D eigenvalue weighted by molar-refractivity contribution is 7.89. The summed E-state index contributed by atoms with van der Waals surface area (Å²) in [7, 11) is -4.49. The van der Waals surface area contributed by atoms with E-state index in [1.807, 2.05) is 4.72 Å². The Balaban J connectivity index is 2.13. The third-order valence-electron chi connectivity index (χ3n) is 3.65. The van der Waals surface area contributed by atoms with Crippen molar-refractivity contribution in [1.82, 2.24) is 10.0 Å². The first-order valence-electron chi connectivity index (χ1n) is 7.39. The van der Waals surface area contributed by atoms with Crippen LogP contribution in [0.15, 0.2) is 18.2 Å². The van der Waals surface area contributed by atoms with Gasteiger partial charge in [0.25, 0.3) is 0 Å². The van der Waals surface area contributed by atoms with Crippen molar-refractivity contribution in [3.63, 3.8) is 0 Å². The largest absolute Gasteiger partial charge is 0.404 e. The minimum atomic E-state index is -4.80. The van der Waals surface area contributed by atoms with Crippen molar-refractivity contribution in [2.75, 3.05) is 32.0 Å². The molecule has 1 aliphatic heterocycles. The van der Waals surface area contributed by atoms with Crippen molar-refractivity contribution in [1.29, 1.82) is 0 Å². The van der Waals surface area contributed by atoms with Gasteiger partial charge in [-0.05, 0) is 17.7 Å². The monoisotopic (exact) mass is 420 g/mol. The summed E-state index contributed by atoms with van der Waals surface area (Å²) < 4.78 is 67.7. The van der Waals surface area contributed by atoms with E-state index in [2.05, 4.69) is 5.32 Å². The number of nitrogens with one attached hydrogen (secondary N) is 2. The van der Waals surface area contributed by atoms with E-state index in [9.17, 15) is 21.6 Å². The summed E-state index contributed by atoms with van der Waals surface area (Å²) in [5.41, 5.74) is 0.754. The molecule has 0 spiro atoms. The van der Waals surface area contributed by atoms with E-state index in [0.717, 1.165) is 5.56 Å². The molecule has 142 valence electrons. The minimum Gasteiger partial charge on any atom is -0.375 e. The van der Waals surface area contributed by atoms with Gasteiger partial charge in [0.15, 0.2) is 5.75 Å². The number of rotatable bonds is 5. The van der Waals surface area contributed by atoms with Crippen molar-refractivity contribution in [3.05, 3.63) is 33.8 Å². The standard InChI is InChI=1S/C14H17Cl2F3N2O3S/c15-11-2-1-9(5-12(11)16)10-6-20-3-4-24-13(10)7-21-25(22,23)8-14(17,18)19/h1-2,5,10,13,20-21H,3-4,6-8H2. The Morgan fingerprint density at radius 2 is 2.00 bits per heavy atom. The second kappa shape index (κ2) is 8.41. The zero-order valence-corrected chi connectivity index (χ0v) is 15.3. The number of hydrogen-bond donors (Lipinski definition) is 2. The maximum atomic E-state index is 12.3. The fourth-order valence-electron chi connectivity index (χ4n) is 2.54. The van der Waals surface area contributed by atoms with Gasteiger partial charge in [0, 0.05) is 25.6 Å². The van der Waals surface area contributed by atoms with Crippen LogP contribution in [0.1, 0.15) is 11.5 Å². The smallest absolute Gasteiger partial charge is 0.375 e.